The SMILES string of the molecule is CC(C)OC1([Si](C)(C)C2=[C]([Ti+2])CC=C2)CC=C(C(C)(C)C)C=C1C(C)(C)C.[Cl-].[Cl-]. The first-order valence-corrected chi connectivity index (χ1v) is 14.1. The Labute approximate surface area is 205 Å². The van der Waals surface area contributed by atoms with E-state index in [4.69, 9.17) is 4.74 Å². The second kappa shape index (κ2) is 9.92. The Bertz CT molecular complexity index is 718. The van der Waals surface area contributed by atoms with Crippen LogP contribution in [0.5, 0.6) is 0 Å². The molecule has 0 saturated carbocycles. The van der Waals surface area contributed by atoms with Gasteiger partial charge in [-0.15, -0.1) is 0 Å². The van der Waals surface area contributed by atoms with Gasteiger partial charge in [-0.25, -0.2) is 0 Å². The molecule has 0 saturated heterocycles. The van der Waals surface area contributed by atoms with Crippen LogP contribution in [0.15, 0.2) is 44.5 Å². The van der Waals surface area contributed by atoms with E-state index in [9.17, 15) is 0 Å². The second-order valence-corrected chi connectivity index (χ2v) is 16.6. The van der Waals surface area contributed by atoms with Crippen LogP contribution in [0.4, 0.5) is 0 Å². The number of hydrogen-bond acceptors (Lipinski definition) is 1. The van der Waals surface area contributed by atoms with Gasteiger partial charge in [-0.1, -0.05) is 0 Å². The standard InChI is InChI=1S/C24H39OSi.2ClH.Ti/c1-18(2)25-24(26(9,10)20-13-11-12-14-20)16-15-19(22(3,4)5)17-21(24)23(6,7)8;;;/h11,13,15,17-18H,12,16H2,1-10H3;2*1H;/q;;;+2/p-2. The molecule has 2 aliphatic rings. The van der Waals surface area contributed by atoms with E-state index in [1.807, 2.05) is 0 Å². The summed E-state index contributed by atoms with van der Waals surface area (Å²) in [6.45, 7) is 23.5. The fourth-order valence-corrected chi connectivity index (χ4v) is 10.5. The Balaban J connectivity index is 0.00000392. The third-order valence-electron chi connectivity index (χ3n) is 6.07. The first-order valence-electron chi connectivity index (χ1n) is 10.4. The molecule has 2 aliphatic carbocycles. The van der Waals surface area contributed by atoms with E-state index in [0.29, 0.717) is 0 Å². The average molecular weight is 490 g/mol. The van der Waals surface area contributed by atoms with Gasteiger partial charge < -0.3 is 24.8 Å². The molecular formula is C24H39Cl2OSiTi. The summed E-state index contributed by atoms with van der Waals surface area (Å²) >= 11 is 2.31. The summed E-state index contributed by atoms with van der Waals surface area (Å²) in [5, 5.41) is 1.39. The van der Waals surface area contributed by atoms with Gasteiger partial charge in [-0.05, 0) is 0 Å². The van der Waals surface area contributed by atoms with Gasteiger partial charge in [0.05, 0.1) is 0 Å². The smallest absolute Gasteiger partial charge is 1.00 e. The molecule has 0 bridgehead atoms. The van der Waals surface area contributed by atoms with Crippen LogP contribution >= 0.6 is 0 Å². The minimum absolute atomic E-state index is 0. The molecule has 0 aliphatic heterocycles. The molecule has 0 aromatic carbocycles. The molecule has 0 fully saturated rings. The van der Waals surface area contributed by atoms with Crippen LogP contribution < -0.4 is 24.8 Å². The van der Waals surface area contributed by atoms with Gasteiger partial charge in [-0.2, -0.15) is 0 Å². The minimum Gasteiger partial charge on any atom is -1.00 e. The van der Waals surface area contributed by atoms with Crippen LogP contribution in [0.2, 0.25) is 13.1 Å². The van der Waals surface area contributed by atoms with E-state index in [1.165, 1.54) is 15.0 Å². The first-order chi connectivity index (χ1) is 12.1. The Kier molecular flexibility index (Phi) is 10.1. The number of allylic oxidation sites excluding steroid dienone is 6. The Hall–Kier alpha value is 0.431. The van der Waals surface area contributed by atoms with Gasteiger partial charge in [0.15, 0.2) is 0 Å². The zero-order valence-electron chi connectivity index (χ0n) is 20.0. The molecule has 0 N–H and O–H groups in total. The van der Waals surface area contributed by atoms with Crippen molar-refractivity contribution in [3.63, 3.8) is 0 Å². The third kappa shape index (κ3) is 5.82. The molecule has 163 valence electrons. The summed E-state index contributed by atoms with van der Waals surface area (Å²) in [6.07, 6.45) is 12.0. The predicted octanol–water partition coefficient (Wildman–Crippen LogP) is 1.05. The van der Waals surface area contributed by atoms with E-state index in [1.54, 1.807) is 5.20 Å². The van der Waals surface area contributed by atoms with Crippen molar-refractivity contribution in [1.29, 1.82) is 0 Å². The molecule has 1 atom stereocenters. The van der Waals surface area contributed by atoms with Gasteiger partial charge >= 0.3 is 181 Å². The van der Waals surface area contributed by atoms with Crippen LogP contribution in [-0.2, 0) is 25.2 Å². The van der Waals surface area contributed by atoms with Gasteiger partial charge in [-0.3, -0.25) is 0 Å². The van der Waals surface area contributed by atoms with Crippen molar-refractivity contribution < 1.29 is 50.0 Å². The van der Waals surface area contributed by atoms with Crippen molar-refractivity contribution in [3.8, 4) is 0 Å². The number of hydrogen-bond donors (Lipinski definition) is 0. The molecule has 0 aromatic rings. The fourth-order valence-electron chi connectivity index (χ4n) is 4.60. The zero-order chi connectivity index (χ0) is 20.8. The molecule has 2 rings (SSSR count). The minimum atomic E-state index is -1.95. The molecule has 1 unspecified atom stereocenters. The van der Waals surface area contributed by atoms with Crippen LogP contribution in [0, 0.1) is 10.8 Å². The van der Waals surface area contributed by atoms with Crippen LogP contribution in [0.3, 0.4) is 0 Å². The molecular weight excluding hydrogens is 451 g/mol. The second-order valence-electron chi connectivity index (χ2n) is 11.0. The van der Waals surface area contributed by atoms with Crippen molar-refractivity contribution in [2.45, 2.75) is 92.7 Å². The largest absolute Gasteiger partial charge is 1.00 e. The molecule has 0 amide bonds. The Morgan fingerprint density at radius 1 is 1.03 bits per heavy atom. The molecule has 0 radical (unpaired) electrons. The molecule has 1 nitrogen and oxygen atoms in total. The summed E-state index contributed by atoms with van der Waals surface area (Å²) in [5.74, 6) is 0. The van der Waals surface area contributed by atoms with Gasteiger partial charge in [0, 0.05) is 0 Å². The summed E-state index contributed by atoms with van der Waals surface area (Å²) in [6, 6.07) is 0. The number of rotatable bonds is 4. The average Bonchev–Trinajstić information content (AvgIpc) is 2.91. The van der Waals surface area contributed by atoms with E-state index >= 15 is 0 Å². The summed E-state index contributed by atoms with van der Waals surface area (Å²) in [4.78, 5) is 0. The van der Waals surface area contributed by atoms with E-state index in [0.717, 1.165) is 12.8 Å². The predicted molar refractivity (Wildman–Crippen MR) is 117 cm³/mol. The maximum absolute atomic E-state index is 6.99. The molecule has 0 spiro atoms. The van der Waals surface area contributed by atoms with Crippen molar-refractivity contribution in [3.05, 3.63) is 44.5 Å². The molecule has 0 aromatic heterocycles. The van der Waals surface area contributed by atoms with Crippen molar-refractivity contribution >= 4 is 8.07 Å². The van der Waals surface area contributed by atoms with Crippen molar-refractivity contribution in [2.75, 3.05) is 0 Å². The number of halogens is 2. The maximum atomic E-state index is 6.99. The summed E-state index contributed by atoms with van der Waals surface area (Å²) in [5.41, 5.74) is 3.18. The summed E-state index contributed by atoms with van der Waals surface area (Å²) < 4.78 is 8.52. The first kappa shape index (κ1) is 29.4. The van der Waals surface area contributed by atoms with Gasteiger partial charge in [0.1, 0.15) is 0 Å². The Morgan fingerprint density at radius 2 is 1.59 bits per heavy atom. The third-order valence-corrected chi connectivity index (χ3v) is 11.6. The van der Waals surface area contributed by atoms with Gasteiger partial charge in [0.2, 0.25) is 0 Å². The normalized spacial score (nSPS) is 22.9. The summed E-state index contributed by atoms with van der Waals surface area (Å²) in [7, 11) is -1.95. The van der Waals surface area contributed by atoms with Crippen LogP contribution in [0.1, 0.15) is 68.2 Å². The quantitative estimate of drug-likeness (QED) is 0.536. The fraction of sp³-hybridized carbons (Fsp3) is 0.667. The van der Waals surface area contributed by atoms with E-state index in [2.05, 4.69) is 113 Å². The van der Waals surface area contributed by atoms with E-state index in [-0.39, 0.29) is 47.0 Å². The van der Waals surface area contributed by atoms with Crippen molar-refractivity contribution in [2.24, 2.45) is 10.8 Å². The zero-order valence-corrected chi connectivity index (χ0v) is 24.0. The maximum Gasteiger partial charge on any atom is -1.00 e. The molecule has 5 heteroatoms. The molecule has 0 heterocycles. The molecule has 29 heavy (non-hydrogen) atoms. The monoisotopic (exact) mass is 489 g/mol. The topological polar surface area (TPSA) is 9.23 Å². The Morgan fingerprint density at radius 3 is 1.97 bits per heavy atom. The van der Waals surface area contributed by atoms with Gasteiger partial charge in [0.25, 0.3) is 0 Å². The van der Waals surface area contributed by atoms with Crippen LogP contribution in [-0.4, -0.2) is 19.4 Å². The van der Waals surface area contributed by atoms with Crippen molar-refractivity contribution in [1.82, 2.24) is 0 Å². The van der Waals surface area contributed by atoms with Crippen LogP contribution in [0.25, 0.3) is 0 Å². The number of ether oxygens (including phenoxy) is 1. The van der Waals surface area contributed by atoms with E-state index < -0.39 is 8.07 Å².